The van der Waals surface area contributed by atoms with Crippen molar-refractivity contribution in [1.82, 2.24) is 5.32 Å². The Hall–Kier alpha value is -1.09. The molecule has 0 saturated carbocycles. The van der Waals surface area contributed by atoms with E-state index in [9.17, 15) is 5.11 Å². The second-order valence-corrected chi connectivity index (χ2v) is 11.7. The van der Waals surface area contributed by atoms with Crippen LogP contribution in [0.1, 0.15) is 33.1 Å². The predicted molar refractivity (Wildman–Crippen MR) is 111 cm³/mol. The molecule has 0 fully saturated rings. The molecule has 2 aliphatic heterocycles. The van der Waals surface area contributed by atoms with Crippen molar-refractivity contribution in [2.75, 3.05) is 6.66 Å². The van der Waals surface area contributed by atoms with Gasteiger partial charge in [0.25, 0.3) is 0 Å². The molecule has 7 unspecified atom stereocenters. The molecule has 0 aromatic heterocycles. The van der Waals surface area contributed by atoms with Crippen LogP contribution in [0, 0.1) is 11.8 Å². The minimum atomic E-state index is -1.51. The summed E-state index contributed by atoms with van der Waals surface area (Å²) in [7, 11) is 0. The molecule has 3 aliphatic rings. The zero-order chi connectivity index (χ0) is 18.2. The van der Waals surface area contributed by atoms with Gasteiger partial charge in [0.2, 0.25) is 0 Å². The number of rotatable bonds is 5. The highest BCUT2D eigenvalue weighted by atomic mass is 31.2. The lowest BCUT2D eigenvalue weighted by Gasteiger charge is -2.35. The largest absolute Gasteiger partial charge is 0.393 e. The summed E-state index contributed by atoms with van der Waals surface area (Å²) in [5, 5.41) is 15.0. The summed E-state index contributed by atoms with van der Waals surface area (Å²) in [4.78, 5) is 4.72. The van der Waals surface area contributed by atoms with Crippen LogP contribution in [0.2, 0.25) is 0 Å². The number of fused-ring (bicyclic) bond motifs is 1. The number of dihydropyridines is 1. The molecule has 0 bridgehead atoms. The Balaban J connectivity index is 1.89. The van der Waals surface area contributed by atoms with Crippen molar-refractivity contribution in [3.63, 3.8) is 0 Å². The van der Waals surface area contributed by atoms with Crippen LogP contribution in [0.5, 0.6) is 0 Å². The third-order valence-corrected chi connectivity index (χ3v) is 9.36. The highest BCUT2D eigenvalue weighted by Crippen LogP contribution is 2.61. The molecule has 138 valence electrons. The molecule has 0 amide bonds. The number of aliphatic imine (C=N–C) groups is 1. The number of nitrogens with one attached hydrogen (secondary N) is 1. The fraction of sp³-hybridized carbons (Fsp3) is 0.600. The Bertz CT molecular complexity index is 666. The van der Waals surface area contributed by atoms with Gasteiger partial charge in [-0.05, 0) is 56.3 Å². The molecular formula is C20H32N3OP. The van der Waals surface area contributed by atoms with E-state index in [-0.39, 0.29) is 24.0 Å². The van der Waals surface area contributed by atoms with Crippen molar-refractivity contribution in [3.05, 3.63) is 35.3 Å². The SMILES string of the molecule is C=P(C)(C1=CNC2N=CC(C(C(C)N)C(C)O)=CC12)C1C=CCCC1. The fourth-order valence-electron chi connectivity index (χ4n) is 4.43. The summed E-state index contributed by atoms with van der Waals surface area (Å²) >= 11 is 0. The first-order valence-corrected chi connectivity index (χ1v) is 11.8. The summed E-state index contributed by atoms with van der Waals surface area (Å²) in [5.74, 6) is 0.140. The molecule has 2 heterocycles. The molecule has 4 nitrogen and oxygen atoms in total. The average Bonchev–Trinajstić information content (AvgIpc) is 2.99. The van der Waals surface area contributed by atoms with Gasteiger partial charge in [-0.3, -0.25) is 4.99 Å². The van der Waals surface area contributed by atoms with Crippen LogP contribution in [-0.2, 0) is 0 Å². The Morgan fingerprint density at radius 1 is 1.44 bits per heavy atom. The van der Waals surface area contributed by atoms with Gasteiger partial charge in [0.1, 0.15) is 6.17 Å². The Morgan fingerprint density at radius 3 is 2.80 bits per heavy atom. The maximum Gasteiger partial charge on any atom is 0.128 e. The molecule has 0 saturated heterocycles. The van der Waals surface area contributed by atoms with Crippen molar-refractivity contribution in [2.24, 2.45) is 22.6 Å². The standard InChI is InChI=1S/C20H32N3OP/c1-13(21)19(14(2)24)15-10-17-18(12-23-20(17)22-11-15)25(3,4)16-8-6-5-7-9-16/h6,8,10-14,16-17,19-20,23-24H,3,5,7,9,21H2,1-2,4H3. The van der Waals surface area contributed by atoms with E-state index in [0.717, 1.165) is 5.57 Å². The zero-order valence-electron chi connectivity index (χ0n) is 15.6. The lowest BCUT2D eigenvalue weighted by atomic mass is 9.85. The highest BCUT2D eigenvalue weighted by molar-refractivity contribution is 7.77. The van der Waals surface area contributed by atoms with Crippen LogP contribution in [0.25, 0.3) is 0 Å². The number of allylic oxidation sites excluding steroid dienone is 2. The molecule has 0 aromatic carbocycles. The number of aliphatic hydroxyl groups excluding tert-OH is 1. The third kappa shape index (κ3) is 3.58. The smallest absolute Gasteiger partial charge is 0.128 e. The number of nitrogens with two attached hydrogens (primary N) is 1. The summed E-state index contributed by atoms with van der Waals surface area (Å²) in [6, 6.07) is -0.113. The lowest BCUT2D eigenvalue weighted by Crippen LogP contribution is -2.38. The van der Waals surface area contributed by atoms with E-state index in [1.807, 2.05) is 20.1 Å². The summed E-state index contributed by atoms with van der Waals surface area (Å²) in [6.45, 7) is 4.61. The molecule has 7 atom stereocenters. The minimum absolute atomic E-state index is 0.0649. The van der Waals surface area contributed by atoms with Crippen LogP contribution in [0.15, 0.2) is 40.3 Å². The van der Waals surface area contributed by atoms with Gasteiger partial charge in [-0.2, -0.15) is 0 Å². The second-order valence-electron chi connectivity index (χ2n) is 7.97. The molecule has 4 N–H and O–H groups in total. The molecule has 25 heavy (non-hydrogen) atoms. The van der Waals surface area contributed by atoms with E-state index in [0.29, 0.717) is 5.66 Å². The topological polar surface area (TPSA) is 70.6 Å². The van der Waals surface area contributed by atoms with Gasteiger partial charge in [0.15, 0.2) is 0 Å². The number of hydrogen-bond donors (Lipinski definition) is 3. The Labute approximate surface area is 152 Å². The fourth-order valence-corrected chi connectivity index (χ4v) is 7.33. The van der Waals surface area contributed by atoms with Crippen LogP contribution in [-0.4, -0.2) is 48.3 Å². The third-order valence-electron chi connectivity index (χ3n) is 5.86. The van der Waals surface area contributed by atoms with Crippen LogP contribution < -0.4 is 11.1 Å². The first kappa shape index (κ1) is 18.7. The summed E-state index contributed by atoms with van der Waals surface area (Å²) < 4.78 is 0. The van der Waals surface area contributed by atoms with E-state index >= 15 is 0 Å². The van der Waals surface area contributed by atoms with Gasteiger partial charge < -0.3 is 16.2 Å². The van der Waals surface area contributed by atoms with Gasteiger partial charge >= 0.3 is 0 Å². The van der Waals surface area contributed by atoms with Gasteiger partial charge in [0.05, 0.1) is 6.10 Å². The lowest BCUT2D eigenvalue weighted by molar-refractivity contribution is 0.134. The summed E-state index contributed by atoms with van der Waals surface area (Å²) in [5.41, 5.74) is 7.76. The first-order valence-electron chi connectivity index (χ1n) is 9.35. The van der Waals surface area contributed by atoms with E-state index < -0.39 is 13.0 Å². The molecule has 3 rings (SSSR count). The van der Waals surface area contributed by atoms with Gasteiger partial charge in [-0.1, -0.05) is 31.4 Å². The molecule has 1 aliphatic carbocycles. The van der Waals surface area contributed by atoms with E-state index in [1.165, 1.54) is 24.6 Å². The molecule has 0 aromatic rings. The first-order chi connectivity index (χ1) is 11.8. The number of nitrogens with zero attached hydrogens (tertiary/aromatic N) is 1. The number of hydrogen-bond acceptors (Lipinski definition) is 4. The maximum atomic E-state index is 10.2. The van der Waals surface area contributed by atoms with Crippen molar-refractivity contribution in [2.45, 2.75) is 57.1 Å². The molecule has 0 spiro atoms. The average molecular weight is 361 g/mol. The van der Waals surface area contributed by atoms with Crippen molar-refractivity contribution in [1.29, 1.82) is 0 Å². The van der Waals surface area contributed by atoms with Gasteiger partial charge in [0, 0.05) is 30.3 Å². The maximum absolute atomic E-state index is 10.2. The molecule has 0 radical (unpaired) electrons. The molecule has 5 heteroatoms. The van der Waals surface area contributed by atoms with Gasteiger partial charge in [-0.25, -0.2) is 0 Å². The second kappa shape index (κ2) is 7.26. The summed E-state index contributed by atoms with van der Waals surface area (Å²) in [6.07, 6.45) is 19.0. The van der Waals surface area contributed by atoms with Gasteiger partial charge in [-0.15, -0.1) is 0 Å². The van der Waals surface area contributed by atoms with Crippen LogP contribution in [0.4, 0.5) is 0 Å². The quantitative estimate of drug-likeness (QED) is 0.521. The number of aliphatic hydroxyl groups is 1. The zero-order valence-corrected chi connectivity index (χ0v) is 16.5. The minimum Gasteiger partial charge on any atom is -0.393 e. The normalized spacial score (nSPS) is 34.2. The van der Waals surface area contributed by atoms with E-state index in [4.69, 9.17) is 17.0 Å². The van der Waals surface area contributed by atoms with Crippen molar-refractivity contribution < 1.29 is 5.11 Å². The molecular weight excluding hydrogens is 329 g/mol. The Kier molecular flexibility index (Phi) is 5.43. The van der Waals surface area contributed by atoms with Crippen LogP contribution >= 0.6 is 6.89 Å². The van der Waals surface area contributed by atoms with Crippen molar-refractivity contribution in [3.8, 4) is 0 Å². The monoisotopic (exact) mass is 361 g/mol. The van der Waals surface area contributed by atoms with E-state index in [1.54, 1.807) is 0 Å². The Morgan fingerprint density at radius 2 is 2.20 bits per heavy atom. The van der Waals surface area contributed by atoms with E-state index in [2.05, 4.69) is 36.4 Å². The highest BCUT2D eigenvalue weighted by Gasteiger charge is 2.38. The predicted octanol–water partition coefficient (Wildman–Crippen LogP) is 2.92. The van der Waals surface area contributed by atoms with Crippen molar-refractivity contribution >= 4 is 19.4 Å². The van der Waals surface area contributed by atoms with Crippen LogP contribution in [0.3, 0.4) is 0 Å².